The number of rotatable bonds is 3. The van der Waals surface area contributed by atoms with Crippen molar-refractivity contribution in [3.05, 3.63) is 31.3 Å². The second-order valence-corrected chi connectivity index (χ2v) is 8.25. The predicted octanol–water partition coefficient (Wildman–Crippen LogP) is 1.63. The quantitative estimate of drug-likeness (QED) is 0.816. The molecule has 2 aromatic heterocycles. The fourth-order valence-corrected chi connectivity index (χ4v) is 3.46. The molecule has 0 amide bonds. The van der Waals surface area contributed by atoms with E-state index < -0.39 is 28.4 Å². The average Bonchev–Trinajstić information content (AvgIpc) is 2.72. The van der Waals surface area contributed by atoms with Crippen molar-refractivity contribution in [2.75, 3.05) is 0 Å². The molecule has 0 saturated carbocycles. The van der Waals surface area contributed by atoms with Gasteiger partial charge in [0.05, 0.1) is 12.0 Å². The monoisotopic (exact) mass is 354 g/mol. The molecule has 0 aliphatic rings. The largest absolute Gasteiger partial charge is 0.458 e. The van der Waals surface area contributed by atoms with Crippen molar-refractivity contribution in [3.63, 3.8) is 0 Å². The van der Waals surface area contributed by atoms with Crippen LogP contribution in [0.2, 0.25) is 0 Å². The Morgan fingerprint density at radius 1 is 1.25 bits per heavy atom. The van der Waals surface area contributed by atoms with E-state index in [2.05, 4.69) is 4.98 Å². The highest BCUT2D eigenvalue weighted by Gasteiger charge is 2.37. The first-order chi connectivity index (χ1) is 10.9. The minimum Gasteiger partial charge on any atom is -0.458 e. The van der Waals surface area contributed by atoms with Crippen LogP contribution < -0.4 is 11.2 Å². The van der Waals surface area contributed by atoms with Gasteiger partial charge >= 0.3 is 11.7 Å². The van der Waals surface area contributed by atoms with Crippen LogP contribution in [-0.4, -0.2) is 26.2 Å². The normalized spacial score (nSPS) is 12.6. The van der Waals surface area contributed by atoms with Gasteiger partial charge in [0.15, 0.2) is 0 Å². The van der Waals surface area contributed by atoms with Gasteiger partial charge in [-0.25, -0.2) is 14.2 Å². The molecule has 7 nitrogen and oxygen atoms in total. The zero-order valence-corrected chi connectivity index (χ0v) is 15.5. The Kier molecular flexibility index (Phi) is 4.49. The Balaban J connectivity index is 2.72. The van der Waals surface area contributed by atoms with Gasteiger partial charge in [-0.3, -0.25) is 9.78 Å². The Morgan fingerprint density at radius 3 is 2.33 bits per heavy atom. The summed E-state index contributed by atoms with van der Waals surface area (Å²) in [5.74, 6) is -0.669. The third kappa shape index (κ3) is 3.03. The van der Waals surface area contributed by atoms with Crippen LogP contribution in [0.1, 0.15) is 45.1 Å². The standard InChI is InChI=1S/C16H22N2O5S/c1-8-9(7-19)24-11-10(8)12(20)18(14(22)17-11)16(5,6)13(21)23-15(2,3)4/h19H,7H2,1-6H3,(H,17,22). The molecule has 0 radical (unpaired) electrons. The number of aliphatic hydroxyl groups excluding tert-OH is 1. The number of hydrogen-bond donors (Lipinski definition) is 2. The number of carbonyl (C=O) groups excluding carboxylic acids is 1. The van der Waals surface area contributed by atoms with Gasteiger partial charge in [0.1, 0.15) is 16.0 Å². The third-order valence-electron chi connectivity index (χ3n) is 3.69. The van der Waals surface area contributed by atoms with Gasteiger partial charge in [-0.2, -0.15) is 0 Å². The summed E-state index contributed by atoms with van der Waals surface area (Å²) in [6.45, 7) is 9.57. The highest BCUT2D eigenvalue weighted by molar-refractivity contribution is 7.18. The number of carbonyl (C=O) groups is 1. The first-order valence-corrected chi connectivity index (χ1v) is 8.34. The van der Waals surface area contributed by atoms with Crippen molar-refractivity contribution < 1.29 is 14.6 Å². The van der Waals surface area contributed by atoms with E-state index >= 15 is 0 Å². The van der Waals surface area contributed by atoms with Crippen molar-refractivity contribution in [2.45, 2.75) is 59.3 Å². The molecule has 0 spiro atoms. The number of aromatic amines is 1. The fraction of sp³-hybridized carbons (Fsp3) is 0.562. The van der Waals surface area contributed by atoms with Gasteiger partial charge in [-0.1, -0.05) is 0 Å². The van der Waals surface area contributed by atoms with Gasteiger partial charge in [-0.05, 0) is 47.1 Å². The number of nitrogens with one attached hydrogen (secondary N) is 1. The molecular weight excluding hydrogens is 332 g/mol. The topological polar surface area (TPSA) is 101 Å². The zero-order valence-electron chi connectivity index (χ0n) is 14.6. The van der Waals surface area contributed by atoms with Crippen molar-refractivity contribution >= 4 is 27.5 Å². The lowest BCUT2D eigenvalue weighted by Gasteiger charge is -2.29. The molecule has 2 rings (SSSR count). The van der Waals surface area contributed by atoms with Crippen LogP contribution in [0.4, 0.5) is 0 Å². The minimum absolute atomic E-state index is 0.220. The number of fused-ring (bicyclic) bond motifs is 1. The van der Waals surface area contributed by atoms with Crippen molar-refractivity contribution in [1.82, 2.24) is 9.55 Å². The molecule has 0 unspecified atom stereocenters. The summed E-state index contributed by atoms with van der Waals surface area (Å²) < 4.78 is 6.23. The molecule has 0 aromatic carbocycles. The number of hydrogen-bond acceptors (Lipinski definition) is 6. The summed E-state index contributed by atoms with van der Waals surface area (Å²) in [5, 5.41) is 9.67. The number of H-pyrrole nitrogens is 1. The van der Waals surface area contributed by atoms with E-state index in [4.69, 9.17) is 4.74 Å². The van der Waals surface area contributed by atoms with Crippen LogP contribution in [0.25, 0.3) is 10.2 Å². The van der Waals surface area contributed by atoms with E-state index in [1.165, 1.54) is 13.8 Å². The number of esters is 1. The molecule has 2 heterocycles. The van der Waals surface area contributed by atoms with E-state index in [1.807, 2.05) is 0 Å². The zero-order chi connectivity index (χ0) is 18.4. The lowest BCUT2D eigenvalue weighted by atomic mass is 10.0. The molecule has 24 heavy (non-hydrogen) atoms. The molecule has 2 N–H and O–H groups in total. The molecule has 0 aliphatic heterocycles. The summed E-state index contributed by atoms with van der Waals surface area (Å²) >= 11 is 1.15. The number of nitrogens with zero attached hydrogens (tertiary/aromatic N) is 1. The molecule has 0 aliphatic carbocycles. The van der Waals surface area contributed by atoms with Gasteiger partial charge in [0.25, 0.3) is 5.56 Å². The van der Waals surface area contributed by atoms with Crippen molar-refractivity contribution in [3.8, 4) is 0 Å². The third-order valence-corrected chi connectivity index (χ3v) is 4.88. The number of aromatic nitrogens is 2. The summed E-state index contributed by atoms with van der Waals surface area (Å²) in [5.41, 5.74) is -2.86. The second-order valence-electron chi connectivity index (χ2n) is 7.14. The molecule has 8 heteroatoms. The molecule has 0 saturated heterocycles. The Bertz CT molecular complexity index is 911. The number of aliphatic hydroxyl groups is 1. The highest BCUT2D eigenvalue weighted by Crippen LogP contribution is 2.27. The smallest absolute Gasteiger partial charge is 0.332 e. The summed E-state index contributed by atoms with van der Waals surface area (Å²) in [6.07, 6.45) is 0. The number of aryl methyl sites for hydroxylation is 1. The number of ether oxygens (including phenoxy) is 1. The highest BCUT2D eigenvalue weighted by atomic mass is 32.1. The Hall–Kier alpha value is -1.93. The molecule has 2 aromatic rings. The lowest BCUT2D eigenvalue weighted by Crippen LogP contribution is -2.52. The van der Waals surface area contributed by atoms with E-state index in [1.54, 1.807) is 27.7 Å². The first kappa shape index (κ1) is 18.4. The maximum absolute atomic E-state index is 12.9. The van der Waals surface area contributed by atoms with Crippen LogP contribution in [0, 0.1) is 6.92 Å². The maximum Gasteiger partial charge on any atom is 0.332 e. The van der Waals surface area contributed by atoms with E-state index in [9.17, 15) is 19.5 Å². The van der Waals surface area contributed by atoms with E-state index in [0.29, 0.717) is 20.7 Å². The van der Waals surface area contributed by atoms with Crippen LogP contribution in [-0.2, 0) is 21.7 Å². The molecule has 0 atom stereocenters. The predicted molar refractivity (Wildman–Crippen MR) is 92.5 cm³/mol. The molecule has 132 valence electrons. The van der Waals surface area contributed by atoms with Crippen LogP contribution in [0.3, 0.4) is 0 Å². The average molecular weight is 354 g/mol. The maximum atomic E-state index is 12.9. The molecular formula is C16H22N2O5S. The van der Waals surface area contributed by atoms with Crippen LogP contribution in [0.15, 0.2) is 9.59 Å². The Morgan fingerprint density at radius 2 is 1.83 bits per heavy atom. The lowest BCUT2D eigenvalue weighted by molar-refractivity contribution is -0.164. The first-order valence-electron chi connectivity index (χ1n) is 7.52. The van der Waals surface area contributed by atoms with Gasteiger partial charge in [-0.15, -0.1) is 11.3 Å². The van der Waals surface area contributed by atoms with E-state index in [-0.39, 0.29) is 6.61 Å². The summed E-state index contributed by atoms with van der Waals surface area (Å²) in [7, 11) is 0. The van der Waals surface area contributed by atoms with Crippen molar-refractivity contribution in [2.24, 2.45) is 0 Å². The summed E-state index contributed by atoms with van der Waals surface area (Å²) in [6, 6.07) is 0. The van der Waals surface area contributed by atoms with E-state index in [0.717, 1.165) is 15.9 Å². The van der Waals surface area contributed by atoms with Gasteiger partial charge in [0, 0.05) is 4.88 Å². The second kappa shape index (κ2) is 5.86. The fourth-order valence-electron chi connectivity index (χ4n) is 2.42. The SMILES string of the molecule is Cc1c(CO)sc2[nH]c(=O)n(C(C)(C)C(=O)OC(C)(C)C)c(=O)c12. The van der Waals surface area contributed by atoms with Crippen LogP contribution in [0.5, 0.6) is 0 Å². The van der Waals surface area contributed by atoms with Crippen molar-refractivity contribution in [1.29, 1.82) is 0 Å². The summed E-state index contributed by atoms with van der Waals surface area (Å²) in [4.78, 5) is 41.4. The minimum atomic E-state index is -1.47. The molecule has 0 bridgehead atoms. The van der Waals surface area contributed by atoms with Crippen LogP contribution >= 0.6 is 11.3 Å². The van der Waals surface area contributed by atoms with Gasteiger partial charge < -0.3 is 9.84 Å². The van der Waals surface area contributed by atoms with Gasteiger partial charge in [0.2, 0.25) is 0 Å². The molecule has 0 fully saturated rings. The Labute approximate surface area is 142 Å². The number of thiophene rings is 1.